The van der Waals surface area contributed by atoms with Crippen LogP contribution in [0.5, 0.6) is 11.5 Å². The van der Waals surface area contributed by atoms with Gasteiger partial charge in [-0.25, -0.2) is 4.98 Å². The zero-order chi connectivity index (χ0) is 59.8. The van der Waals surface area contributed by atoms with Gasteiger partial charge in [-0.15, -0.1) is 0 Å². The number of benzene rings is 9. The average Bonchev–Trinajstić information content (AvgIpc) is 0.724. The van der Waals surface area contributed by atoms with E-state index >= 15 is 0 Å². The highest BCUT2D eigenvalue weighted by Crippen LogP contribution is 2.78. The molecule has 398 valence electrons. The standard InChI is InChI=1S/C76H68N4O/c1-71(2,3)51-42-43-77-69(45-51)80-65-41-38-50(49-24-11-10-12-25-49)44-58(65)55-40-39-54(47-68(55)80)81-53-27-23-26-52(46-53)78-48-79(67-37-22-21-36-66(67)78)76-59-30-15-13-28-56(59)70(57-29-14-16-31-60(57)76)74(72(4,5)6)61-32-17-19-34-63(61)75(76,73(7,8)9)64-35-20-18-33-62(64)74/h10-47,70H,48H2,1-9H3/i10D,11D,12D,24D,25D. The van der Waals surface area contributed by atoms with Crippen LogP contribution in [-0.4, -0.2) is 16.2 Å². The van der Waals surface area contributed by atoms with Crippen molar-refractivity contribution in [1.29, 1.82) is 0 Å². The highest BCUT2D eigenvalue weighted by Gasteiger charge is 2.75. The fraction of sp³-hybridized carbons (Fsp3) is 0.224. The smallest absolute Gasteiger partial charge is 0.137 e. The first-order valence-corrected chi connectivity index (χ1v) is 28.6. The van der Waals surface area contributed by atoms with Gasteiger partial charge in [0.15, 0.2) is 0 Å². The molecule has 81 heavy (non-hydrogen) atoms. The molecule has 0 unspecified atom stereocenters. The number of ether oxygens (including phenoxy) is 1. The molecule has 1 aliphatic heterocycles. The fourth-order valence-electron chi connectivity index (χ4n) is 16.2. The van der Waals surface area contributed by atoms with Crippen LogP contribution < -0.4 is 14.5 Å². The summed E-state index contributed by atoms with van der Waals surface area (Å²) in [6.07, 6.45) is 1.85. The maximum absolute atomic E-state index is 8.86. The maximum Gasteiger partial charge on any atom is 0.137 e. The van der Waals surface area contributed by atoms with E-state index in [1.165, 1.54) is 44.5 Å². The molecule has 5 heteroatoms. The van der Waals surface area contributed by atoms with Crippen LogP contribution in [-0.2, 0) is 21.8 Å². The first kappa shape index (κ1) is 44.1. The molecule has 6 aliphatic carbocycles. The Morgan fingerprint density at radius 1 is 0.506 bits per heavy atom. The van der Waals surface area contributed by atoms with Gasteiger partial charge in [-0.1, -0.05) is 214 Å². The zero-order valence-electron chi connectivity index (χ0n) is 52.5. The number of fused-ring (bicyclic) bond motifs is 4. The van der Waals surface area contributed by atoms with E-state index in [1.807, 2.05) is 36.5 Å². The Morgan fingerprint density at radius 2 is 1.11 bits per heavy atom. The lowest BCUT2D eigenvalue weighted by atomic mass is 9.33. The van der Waals surface area contributed by atoms with Gasteiger partial charge in [0.05, 0.1) is 41.3 Å². The lowest BCUT2D eigenvalue weighted by molar-refractivity contribution is 0.0865. The van der Waals surface area contributed by atoms with Gasteiger partial charge >= 0.3 is 0 Å². The lowest BCUT2D eigenvalue weighted by Gasteiger charge is -2.72. The van der Waals surface area contributed by atoms with E-state index in [0.717, 1.165) is 50.2 Å². The van der Waals surface area contributed by atoms with Crippen molar-refractivity contribution in [3.05, 3.63) is 281 Å². The van der Waals surface area contributed by atoms with Crippen LogP contribution in [0.3, 0.4) is 0 Å². The quantitative estimate of drug-likeness (QED) is 0.166. The molecule has 0 saturated heterocycles. The number of aromatic nitrogens is 2. The van der Waals surface area contributed by atoms with Gasteiger partial charge in [-0.05, 0) is 138 Å². The van der Waals surface area contributed by atoms with Gasteiger partial charge in [-0.2, -0.15) is 0 Å². The van der Waals surface area contributed by atoms with Crippen LogP contribution in [0.15, 0.2) is 231 Å². The van der Waals surface area contributed by atoms with Crippen molar-refractivity contribution in [3.63, 3.8) is 0 Å². The van der Waals surface area contributed by atoms with Crippen LogP contribution in [0, 0.1) is 10.8 Å². The number of nitrogens with zero attached hydrogens (tertiary/aromatic N) is 4. The second-order valence-corrected chi connectivity index (χ2v) is 26.0. The number of anilines is 3. The lowest BCUT2D eigenvalue weighted by Crippen LogP contribution is -2.73. The third-order valence-corrected chi connectivity index (χ3v) is 19.0. The first-order chi connectivity index (χ1) is 41.1. The number of rotatable bonds is 6. The normalized spacial score (nSPS) is 21.4. The van der Waals surface area contributed by atoms with Crippen LogP contribution >= 0.6 is 0 Å². The summed E-state index contributed by atoms with van der Waals surface area (Å²) in [6.45, 7) is 22.0. The van der Waals surface area contributed by atoms with Crippen molar-refractivity contribution in [3.8, 4) is 28.4 Å². The number of hydrogen-bond acceptors (Lipinski definition) is 4. The van der Waals surface area contributed by atoms with Crippen molar-refractivity contribution in [2.24, 2.45) is 10.8 Å². The molecule has 2 aromatic heterocycles. The predicted molar refractivity (Wildman–Crippen MR) is 334 cm³/mol. The minimum Gasteiger partial charge on any atom is -0.457 e. The van der Waals surface area contributed by atoms with Crippen molar-refractivity contribution in [2.75, 3.05) is 16.5 Å². The minimum atomic E-state index is -0.796. The number of pyridine rings is 1. The van der Waals surface area contributed by atoms with Gasteiger partial charge < -0.3 is 14.5 Å². The van der Waals surface area contributed by atoms with Crippen molar-refractivity contribution >= 4 is 38.9 Å². The van der Waals surface area contributed by atoms with Crippen LogP contribution in [0.2, 0.25) is 0 Å². The summed E-state index contributed by atoms with van der Waals surface area (Å²) in [5.41, 5.74) is 15.2. The van der Waals surface area contributed by atoms with E-state index in [9.17, 15) is 0 Å². The van der Waals surface area contributed by atoms with Crippen molar-refractivity contribution < 1.29 is 11.6 Å². The molecule has 5 nitrogen and oxygen atoms in total. The maximum atomic E-state index is 8.86. The molecule has 11 aromatic rings. The minimum absolute atomic E-state index is 0.00545. The highest BCUT2D eigenvalue weighted by atomic mass is 16.5. The molecule has 3 heterocycles. The first-order valence-electron chi connectivity index (χ1n) is 31.1. The highest BCUT2D eigenvalue weighted by molar-refractivity contribution is 6.11. The molecular formula is C76H68N4O. The summed E-state index contributed by atoms with van der Waals surface area (Å²) >= 11 is 0. The Labute approximate surface area is 484 Å². The molecule has 0 spiro atoms. The van der Waals surface area contributed by atoms with E-state index in [4.69, 9.17) is 16.6 Å². The summed E-state index contributed by atoms with van der Waals surface area (Å²) in [6, 6.07) is 69.9. The van der Waals surface area contributed by atoms with Gasteiger partial charge in [0.1, 0.15) is 22.9 Å². The van der Waals surface area contributed by atoms with E-state index < -0.39 is 22.4 Å². The molecule has 0 atom stereocenters. The SMILES string of the molecule is [2H]c1c([2H])c([2H])c(-c2ccc3c(c2)c2ccc(Oc4cccc(N5CN(C67c8ccccc8C(c8ccccc86)C6(C(C)(C)C)c8ccccc8C7(C(C)(C)C)c7ccccc76)c6ccccc65)c4)cc2n3-c2cc(C(C)(C)C)ccn2)c([2H])c1[2H]. The molecule has 9 aromatic carbocycles. The summed E-state index contributed by atoms with van der Waals surface area (Å²) in [4.78, 5) is 10.2. The molecule has 0 amide bonds. The number of para-hydroxylation sites is 2. The predicted octanol–water partition coefficient (Wildman–Crippen LogP) is 18.9. The van der Waals surface area contributed by atoms with Crippen molar-refractivity contribution in [1.82, 2.24) is 9.55 Å². The fourth-order valence-corrected chi connectivity index (χ4v) is 16.2. The van der Waals surface area contributed by atoms with Gasteiger partial charge in [0, 0.05) is 46.1 Å². The number of hydrogen-bond donors (Lipinski definition) is 0. The van der Waals surface area contributed by atoms with Crippen LogP contribution in [0.4, 0.5) is 17.1 Å². The average molecular weight is 1060 g/mol. The Kier molecular flexibility index (Phi) is 9.35. The van der Waals surface area contributed by atoms with Gasteiger partial charge in [0.25, 0.3) is 0 Å². The van der Waals surface area contributed by atoms with Crippen LogP contribution in [0.1, 0.15) is 125 Å². The Morgan fingerprint density at radius 3 is 1.75 bits per heavy atom. The summed E-state index contributed by atoms with van der Waals surface area (Å²) in [5.74, 6) is 2.04. The second-order valence-electron chi connectivity index (χ2n) is 26.0. The summed E-state index contributed by atoms with van der Waals surface area (Å²) in [7, 11) is 0. The van der Waals surface area contributed by atoms with E-state index in [1.54, 1.807) is 0 Å². The van der Waals surface area contributed by atoms with Gasteiger partial charge in [-0.3, -0.25) is 4.57 Å². The molecule has 18 rings (SSSR count). The topological polar surface area (TPSA) is 33.5 Å². The third-order valence-electron chi connectivity index (χ3n) is 19.0. The Balaban J connectivity index is 0.902. The molecule has 0 N–H and O–H groups in total. The molecule has 0 radical (unpaired) electrons. The van der Waals surface area contributed by atoms with E-state index in [-0.39, 0.29) is 51.9 Å². The van der Waals surface area contributed by atoms with Crippen molar-refractivity contribution in [2.45, 2.75) is 90.0 Å². The summed E-state index contributed by atoms with van der Waals surface area (Å²) in [5, 5.41) is 1.75. The van der Waals surface area contributed by atoms with E-state index in [0.29, 0.717) is 23.7 Å². The second kappa shape index (κ2) is 17.2. The van der Waals surface area contributed by atoms with E-state index in [2.05, 4.69) is 240 Å². The largest absolute Gasteiger partial charge is 0.457 e. The summed E-state index contributed by atoms with van der Waals surface area (Å²) < 4.78 is 52.1. The molecular weight excluding hydrogens is 985 g/mol. The molecule has 4 bridgehead atoms. The zero-order valence-corrected chi connectivity index (χ0v) is 47.5. The molecule has 7 aliphatic rings. The van der Waals surface area contributed by atoms with Crippen LogP contribution in [0.25, 0.3) is 38.8 Å². The van der Waals surface area contributed by atoms with Gasteiger partial charge in [0.2, 0.25) is 0 Å². The Bertz CT molecular complexity index is 4550. The Hall–Kier alpha value is -8.67. The third kappa shape index (κ3) is 6.52. The molecule has 0 fully saturated rings. The monoisotopic (exact) mass is 1060 g/mol. The molecule has 0 saturated carbocycles.